The summed E-state index contributed by atoms with van der Waals surface area (Å²) in [7, 11) is 0. The van der Waals surface area contributed by atoms with Gasteiger partial charge in [-0.2, -0.15) is 0 Å². The molecule has 6 heteroatoms. The molecule has 1 fully saturated rings. The molecule has 5 nitrogen and oxygen atoms in total. The highest BCUT2D eigenvalue weighted by Gasteiger charge is 2.21. The summed E-state index contributed by atoms with van der Waals surface area (Å²) in [5, 5.41) is 6.22. The van der Waals surface area contributed by atoms with E-state index in [0.29, 0.717) is 6.54 Å². The lowest BCUT2D eigenvalue weighted by molar-refractivity contribution is -0.122. The predicted octanol–water partition coefficient (Wildman–Crippen LogP) is 1.66. The van der Waals surface area contributed by atoms with Crippen LogP contribution < -0.4 is 10.6 Å². The van der Waals surface area contributed by atoms with E-state index in [1.807, 2.05) is 35.0 Å². The van der Waals surface area contributed by atoms with Gasteiger partial charge in [-0.3, -0.25) is 4.79 Å². The smallest absolute Gasteiger partial charge is 0.237 e. The van der Waals surface area contributed by atoms with Crippen LogP contribution in [0, 0.1) is 0 Å². The molecule has 1 atom stereocenters. The molecule has 0 bridgehead atoms. The van der Waals surface area contributed by atoms with E-state index in [0.717, 1.165) is 30.6 Å². The van der Waals surface area contributed by atoms with Crippen LogP contribution in [-0.4, -0.2) is 28.0 Å². The normalized spacial score (nSPS) is 17.2. The Hall–Kier alpha value is -1.85. The average Bonchev–Trinajstić information content (AvgIpc) is 3.17. The minimum atomic E-state index is -0.0320. The Kier molecular flexibility index (Phi) is 5.36. The van der Waals surface area contributed by atoms with E-state index in [9.17, 15) is 4.79 Å². The molecule has 2 N–H and O–H groups in total. The molecule has 0 spiro atoms. The van der Waals surface area contributed by atoms with E-state index < -0.39 is 0 Å². The summed E-state index contributed by atoms with van der Waals surface area (Å²) in [6, 6.07) is 7.99. The van der Waals surface area contributed by atoms with Crippen molar-refractivity contribution in [3.8, 4) is 5.69 Å². The van der Waals surface area contributed by atoms with E-state index >= 15 is 0 Å². The lowest BCUT2D eigenvalue weighted by Crippen LogP contribution is -2.40. The van der Waals surface area contributed by atoms with Crippen LogP contribution in [0.15, 0.2) is 43.0 Å². The molecule has 1 saturated heterocycles. The van der Waals surface area contributed by atoms with Crippen molar-refractivity contribution in [2.75, 3.05) is 6.54 Å². The molecular formula is C15H19ClN4O. The lowest BCUT2D eigenvalue weighted by Gasteiger charge is -2.14. The van der Waals surface area contributed by atoms with Crippen molar-refractivity contribution in [2.24, 2.45) is 0 Å². The Labute approximate surface area is 130 Å². The number of benzene rings is 1. The van der Waals surface area contributed by atoms with Crippen LogP contribution in [0.3, 0.4) is 0 Å². The van der Waals surface area contributed by atoms with Crippen LogP contribution in [0.1, 0.15) is 18.4 Å². The van der Waals surface area contributed by atoms with Gasteiger partial charge < -0.3 is 15.2 Å². The van der Waals surface area contributed by atoms with Crippen molar-refractivity contribution < 1.29 is 4.79 Å². The molecular weight excluding hydrogens is 288 g/mol. The van der Waals surface area contributed by atoms with E-state index in [4.69, 9.17) is 0 Å². The van der Waals surface area contributed by atoms with Crippen molar-refractivity contribution in [3.63, 3.8) is 0 Å². The number of imidazole rings is 1. The number of hydrogen-bond donors (Lipinski definition) is 2. The molecule has 0 aliphatic carbocycles. The molecule has 1 unspecified atom stereocenters. The standard InChI is InChI=1S/C15H18N4O.ClH/c20-15(13-5-3-7-17-13)18-10-12-4-1-2-6-14(12)19-9-8-16-11-19;/h1-2,4,6,8-9,11,13,17H,3,5,7,10H2,(H,18,20);1H. The molecule has 1 aromatic heterocycles. The number of hydrogen-bond acceptors (Lipinski definition) is 3. The summed E-state index contributed by atoms with van der Waals surface area (Å²) in [4.78, 5) is 16.1. The number of carbonyl (C=O) groups is 1. The Morgan fingerprint density at radius 2 is 2.29 bits per heavy atom. The van der Waals surface area contributed by atoms with Crippen molar-refractivity contribution in [1.82, 2.24) is 20.2 Å². The van der Waals surface area contributed by atoms with E-state index in [1.165, 1.54) is 0 Å². The number of para-hydroxylation sites is 1. The zero-order chi connectivity index (χ0) is 13.8. The lowest BCUT2D eigenvalue weighted by atomic mass is 10.1. The number of aromatic nitrogens is 2. The van der Waals surface area contributed by atoms with Crippen LogP contribution in [0.2, 0.25) is 0 Å². The van der Waals surface area contributed by atoms with Gasteiger partial charge in [0.15, 0.2) is 0 Å². The van der Waals surface area contributed by atoms with Gasteiger partial charge in [0.2, 0.25) is 5.91 Å². The quantitative estimate of drug-likeness (QED) is 0.903. The van der Waals surface area contributed by atoms with Gasteiger partial charge in [0, 0.05) is 18.9 Å². The molecule has 21 heavy (non-hydrogen) atoms. The van der Waals surface area contributed by atoms with Gasteiger partial charge in [0.1, 0.15) is 0 Å². The minimum Gasteiger partial charge on any atom is -0.351 e. The first kappa shape index (κ1) is 15.5. The molecule has 2 heterocycles. The molecule has 1 aliphatic rings. The van der Waals surface area contributed by atoms with Crippen molar-refractivity contribution in [1.29, 1.82) is 0 Å². The summed E-state index contributed by atoms with van der Waals surface area (Å²) in [5.41, 5.74) is 2.13. The third-order valence-electron chi connectivity index (χ3n) is 3.60. The highest BCUT2D eigenvalue weighted by atomic mass is 35.5. The van der Waals surface area contributed by atoms with Gasteiger partial charge in [-0.15, -0.1) is 12.4 Å². The maximum absolute atomic E-state index is 12.0. The zero-order valence-corrected chi connectivity index (χ0v) is 12.5. The number of halogens is 1. The SMILES string of the molecule is Cl.O=C(NCc1ccccc1-n1ccnc1)C1CCCN1. The highest BCUT2D eigenvalue weighted by molar-refractivity contribution is 5.85. The van der Waals surface area contributed by atoms with Gasteiger partial charge >= 0.3 is 0 Å². The van der Waals surface area contributed by atoms with Crippen molar-refractivity contribution >= 4 is 18.3 Å². The number of amides is 1. The molecule has 3 rings (SSSR count). The second kappa shape index (κ2) is 7.24. The number of nitrogens with zero attached hydrogens (tertiary/aromatic N) is 2. The molecule has 2 aromatic rings. The van der Waals surface area contributed by atoms with E-state index in [1.54, 1.807) is 12.5 Å². The van der Waals surface area contributed by atoms with Gasteiger partial charge in [-0.05, 0) is 31.0 Å². The first-order chi connectivity index (χ1) is 9.84. The molecule has 1 amide bonds. The van der Waals surface area contributed by atoms with Crippen LogP contribution in [0.5, 0.6) is 0 Å². The van der Waals surface area contributed by atoms with Crippen LogP contribution in [0.4, 0.5) is 0 Å². The Morgan fingerprint density at radius 3 is 3.00 bits per heavy atom. The highest BCUT2D eigenvalue weighted by Crippen LogP contribution is 2.14. The Balaban J connectivity index is 0.00000161. The molecule has 1 aliphatic heterocycles. The average molecular weight is 307 g/mol. The van der Waals surface area contributed by atoms with Crippen molar-refractivity contribution in [3.05, 3.63) is 48.5 Å². The fourth-order valence-corrected chi connectivity index (χ4v) is 2.53. The third-order valence-corrected chi connectivity index (χ3v) is 3.60. The Bertz CT molecular complexity index is 579. The molecule has 0 radical (unpaired) electrons. The molecule has 0 saturated carbocycles. The largest absolute Gasteiger partial charge is 0.351 e. The monoisotopic (exact) mass is 306 g/mol. The zero-order valence-electron chi connectivity index (χ0n) is 11.7. The summed E-state index contributed by atoms with van der Waals surface area (Å²) in [6.45, 7) is 1.47. The molecule has 1 aromatic carbocycles. The van der Waals surface area contributed by atoms with Crippen LogP contribution >= 0.6 is 12.4 Å². The van der Waals surface area contributed by atoms with Gasteiger partial charge in [0.25, 0.3) is 0 Å². The fraction of sp³-hybridized carbons (Fsp3) is 0.333. The topological polar surface area (TPSA) is 59.0 Å². The fourth-order valence-electron chi connectivity index (χ4n) is 2.53. The predicted molar refractivity (Wildman–Crippen MR) is 83.7 cm³/mol. The first-order valence-corrected chi connectivity index (χ1v) is 6.92. The summed E-state index contributed by atoms with van der Waals surface area (Å²) in [5.74, 6) is 0.0861. The third kappa shape index (κ3) is 3.62. The number of carbonyl (C=O) groups excluding carboxylic acids is 1. The number of rotatable bonds is 4. The Morgan fingerprint density at radius 1 is 1.43 bits per heavy atom. The maximum atomic E-state index is 12.0. The molecule has 112 valence electrons. The second-order valence-electron chi connectivity index (χ2n) is 4.97. The maximum Gasteiger partial charge on any atom is 0.237 e. The van der Waals surface area contributed by atoms with Gasteiger partial charge in [-0.25, -0.2) is 4.98 Å². The second-order valence-corrected chi connectivity index (χ2v) is 4.97. The summed E-state index contributed by atoms with van der Waals surface area (Å²) in [6.07, 6.45) is 7.41. The van der Waals surface area contributed by atoms with Crippen molar-refractivity contribution in [2.45, 2.75) is 25.4 Å². The minimum absolute atomic E-state index is 0. The van der Waals surface area contributed by atoms with E-state index in [-0.39, 0.29) is 24.4 Å². The summed E-state index contributed by atoms with van der Waals surface area (Å²) < 4.78 is 1.95. The first-order valence-electron chi connectivity index (χ1n) is 6.92. The van der Waals surface area contributed by atoms with Gasteiger partial charge in [-0.1, -0.05) is 18.2 Å². The van der Waals surface area contributed by atoms with Crippen LogP contribution in [-0.2, 0) is 11.3 Å². The van der Waals surface area contributed by atoms with E-state index in [2.05, 4.69) is 15.6 Å². The van der Waals surface area contributed by atoms with Crippen LogP contribution in [0.25, 0.3) is 5.69 Å². The van der Waals surface area contributed by atoms with Gasteiger partial charge in [0.05, 0.1) is 18.1 Å². The summed E-state index contributed by atoms with van der Waals surface area (Å²) >= 11 is 0. The number of nitrogens with one attached hydrogen (secondary N) is 2.